The number of halogens is 1. The predicted molar refractivity (Wildman–Crippen MR) is 132 cm³/mol. The second-order valence-electron chi connectivity index (χ2n) is 7.93. The summed E-state index contributed by atoms with van der Waals surface area (Å²) in [5.74, 6) is 1.08. The Morgan fingerprint density at radius 1 is 1.18 bits per heavy atom. The molecule has 0 bridgehead atoms. The van der Waals surface area contributed by atoms with Crippen LogP contribution in [0.15, 0.2) is 53.5 Å². The summed E-state index contributed by atoms with van der Waals surface area (Å²) < 4.78 is 5.13. The van der Waals surface area contributed by atoms with E-state index in [1.165, 1.54) is 12.8 Å². The summed E-state index contributed by atoms with van der Waals surface area (Å²) >= 11 is 5.92. The summed E-state index contributed by atoms with van der Waals surface area (Å²) in [5, 5.41) is 3.15. The van der Waals surface area contributed by atoms with Crippen molar-refractivity contribution in [3.05, 3.63) is 59.1 Å². The molecule has 0 unspecified atom stereocenters. The van der Waals surface area contributed by atoms with Crippen LogP contribution >= 0.6 is 11.6 Å². The highest BCUT2D eigenvalue weighted by Gasteiger charge is 2.19. The van der Waals surface area contributed by atoms with Crippen molar-refractivity contribution < 1.29 is 19.1 Å². The molecule has 0 saturated heterocycles. The highest BCUT2D eigenvalue weighted by atomic mass is 35.5. The Morgan fingerprint density at radius 2 is 1.76 bits per heavy atom. The number of hydrogen-bond donors (Lipinski definition) is 2. The number of methoxy groups -OCH3 is 1. The van der Waals surface area contributed by atoms with E-state index in [0.717, 1.165) is 11.5 Å². The molecule has 0 aromatic heterocycles. The van der Waals surface area contributed by atoms with Gasteiger partial charge in [0.1, 0.15) is 12.3 Å². The normalized spacial score (nSPS) is 12.6. The molecule has 0 aliphatic heterocycles. The fourth-order valence-electron chi connectivity index (χ4n) is 2.59. The van der Waals surface area contributed by atoms with Crippen LogP contribution in [0.4, 0.5) is 10.5 Å². The maximum absolute atomic E-state index is 12.4. The Bertz CT molecular complexity index is 991. The second kappa shape index (κ2) is 13.2. The average molecular weight is 488 g/mol. The van der Waals surface area contributed by atoms with E-state index in [0.29, 0.717) is 27.9 Å². The van der Waals surface area contributed by atoms with Gasteiger partial charge in [-0.05, 0) is 47.9 Å². The Kier molecular flexibility index (Phi) is 10.3. The molecule has 1 aliphatic rings. The zero-order valence-corrected chi connectivity index (χ0v) is 20.3. The lowest BCUT2D eigenvalue weighted by atomic mass is 10.2. The zero-order chi connectivity index (χ0) is 25.1. The van der Waals surface area contributed by atoms with Crippen LogP contribution in [0.25, 0.3) is 0 Å². The number of amides is 4. The van der Waals surface area contributed by atoms with Gasteiger partial charge in [-0.25, -0.2) is 9.79 Å². The maximum atomic E-state index is 12.4. The minimum Gasteiger partial charge on any atom is -0.497 e. The molecule has 182 valence electrons. The monoisotopic (exact) mass is 487 g/mol. The number of carbonyl (C=O) groups is 3. The molecule has 3 rings (SSSR count). The number of guanidine groups is 1. The number of benzene rings is 2. The number of imide groups is 1. The van der Waals surface area contributed by atoms with E-state index in [9.17, 15) is 14.4 Å². The molecule has 0 spiro atoms. The fourth-order valence-corrected chi connectivity index (χ4v) is 2.71. The van der Waals surface area contributed by atoms with Crippen molar-refractivity contribution in [3.63, 3.8) is 0 Å². The van der Waals surface area contributed by atoms with E-state index in [1.807, 2.05) is 12.1 Å². The molecule has 1 fully saturated rings. The van der Waals surface area contributed by atoms with Crippen LogP contribution in [-0.2, 0) is 16.1 Å². The van der Waals surface area contributed by atoms with Gasteiger partial charge >= 0.3 is 6.03 Å². The van der Waals surface area contributed by atoms with Crippen molar-refractivity contribution in [2.75, 3.05) is 20.7 Å². The number of carbonyl (C=O) groups excluding carboxylic acids is 3. The number of nitrogens with two attached hydrogens (primary N) is 1. The Hall–Kier alpha value is -3.59. The lowest BCUT2D eigenvalue weighted by molar-refractivity contribution is -0.124. The first-order valence-corrected chi connectivity index (χ1v) is 11.1. The first-order valence-electron chi connectivity index (χ1n) is 10.7. The SMILES string of the molecule is CC1CC1.COc1ccc(N=C(NC(=O)N(C=O)CC(N)=O)N(C)Cc2ccc(Cl)cc2)cc1. The molecule has 4 amide bonds. The van der Waals surface area contributed by atoms with E-state index in [4.69, 9.17) is 22.1 Å². The summed E-state index contributed by atoms with van der Waals surface area (Å²) in [4.78, 5) is 41.5. The van der Waals surface area contributed by atoms with Crippen LogP contribution in [-0.4, -0.2) is 54.8 Å². The smallest absolute Gasteiger partial charge is 0.331 e. The third-order valence-corrected chi connectivity index (χ3v) is 5.05. The van der Waals surface area contributed by atoms with Gasteiger partial charge in [0.25, 0.3) is 0 Å². The van der Waals surface area contributed by atoms with Crippen LogP contribution in [0, 0.1) is 5.92 Å². The number of aliphatic imine (C=N–C) groups is 1. The van der Waals surface area contributed by atoms with E-state index < -0.39 is 18.5 Å². The summed E-state index contributed by atoms with van der Waals surface area (Å²) in [5.41, 5.74) is 6.54. The van der Waals surface area contributed by atoms with Crippen molar-refractivity contribution in [3.8, 4) is 5.75 Å². The van der Waals surface area contributed by atoms with Gasteiger partial charge in [0.15, 0.2) is 0 Å². The Balaban J connectivity index is 0.000000920. The summed E-state index contributed by atoms with van der Waals surface area (Å²) in [6.45, 7) is 2.12. The zero-order valence-electron chi connectivity index (χ0n) is 19.5. The first kappa shape index (κ1) is 26.7. The average Bonchev–Trinajstić information content (AvgIpc) is 3.61. The lowest BCUT2D eigenvalue weighted by Gasteiger charge is -2.23. The Labute approximate surface area is 204 Å². The van der Waals surface area contributed by atoms with Gasteiger partial charge in [-0.2, -0.15) is 0 Å². The molecular weight excluding hydrogens is 458 g/mol. The molecule has 2 aromatic carbocycles. The van der Waals surface area contributed by atoms with Crippen LogP contribution in [0.3, 0.4) is 0 Å². The molecule has 10 heteroatoms. The van der Waals surface area contributed by atoms with Crippen LogP contribution in [0.2, 0.25) is 5.02 Å². The molecule has 3 N–H and O–H groups in total. The van der Waals surface area contributed by atoms with Gasteiger partial charge in [0, 0.05) is 18.6 Å². The molecule has 2 aromatic rings. The van der Waals surface area contributed by atoms with Crippen molar-refractivity contribution >= 4 is 41.6 Å². The molecule has 0 atom stereocenters. The van der Waals surface area contributed by atoms with Crippen LogP contribution in [0.1, 0.15) is 25.3 Å². The minimum atomic E-state index is -0.834. The highest BCUT2D eigenvalue weighted by Crippen LogP contribution is 2.26. The highest BCUT2D eigenvalue weighted by molar-refractivity contribution is 6.30. The molecule has 1 aliphatic carbocycles. The third kappa shape index (κ3) is 9.50. The number of urea groups is 1. The number of nitrogens with one attached hydrogen (secondary N) is 1. The summed E-state index contributed by atoms with van der Waals surface area (Å²) in [6, 6.07) is 13.2. The van der Waals surface area contributed by atoms with E-state index in [1.54, 1.807) is 55.5 Å². The standard InChI is InChI=1S/C20H22ClN5O4.C4H8/c1-25(11-14-3-5-15(21)6-4-14)19(23-16-7-9-17(30-2)10-8-16)24-20(29)26(13-27)12-18(22)28;1-4-2-3-4/h3-10,13H,11-12H2,1-2H3,(H2,22,28)(H,23,24,29);4H,2-3H2,1H3. The van der Waals surface area contributed by atoms with E-state index >= 15 is 0 Å². The Morgan fingerprint density at radius 3 is 2.24 bits per heavy atom. The predicted octanol–water partition coefficient (Wildman–Crippen LogP) is 3.54. The van der Waals surface area contributed by atoms with Crippen LogP contribution < -0.4 is 15.8 Å². The number of hydrogen-bond acceptors (Lipinski definition) is 5. The second-order valence-corrected chi connectivity index (χ2v) is 8.36. The van der Waals surface area contributed by atoms with E-state index in [2.05, 4.69) is 17.2 Å². The number of primary amides is 1. The quantitative estimate of drug-likeness (QED) is 0.352. The van der Waals surface area contributed by atoms with Gasteiger partial charge in [0.05, 0.1) is 12.8 Å². The number of nitrogens with zero attached hydrogens (tertiary/aromatic N) is 3. The largest absolute Gasteiger partial charge is 0.497 e. The van der Waals surface area contributed by atoms with Gasteiger partial charge in [-0.15, -0.1) is 0 Å². The molecule has 34 heavy (non-hydrogen) atoms. The maximum Gasteiger partial charge on any atom is 0.331 e. The topological polar surface area (TPSA) is 117 Å². The molecule has 0 heterocycles. The van der Waals surface area contributed by atoms with Crippen molar-refractivity contribution in [2.24, 2.45) is 16.6 Å². The third-order valence-electron chi connectivity index (χ3n) is 4.80. The van der Waals surface area contributed by atoms with Gasteiger partial charge in [-0.1, -0.05) is 43.5 Å². The van der Waals surface area contributed by atoms with E-state index in [-0.39, 0.29) is 12.4 Å². The van der Waals surface area contributed by atoms with Gasteiger partial charge < -0.3 is 15.4 Å². The summed E-state index contributed by atoms with van der Waals surface area (Å²) in [7, 11) is 3.27. The molecular formula is C24H30ClN5O4. The fraction of sp³-hybridized carbons (Fsp3) is 0.333. The lowest BCUT2D eigenvalue weighted by Crippen LogP contribution is -2.49. The molecule has 9 nitrogen and oxygen atoms in total. The number of rotatable bonds is 7. The first-order chi connectivity index (χ1) is 16.2. The van der Waals surface area contributed by atoms with Crippen LogP contribution in [0.5, 0.6) is 5.75 Å². The minimum absolute atomic E-state index is 0.163. The summed E-state index contributed by atoms with van der Waals surface area (Å²) in [6.07, 6.45) is 3.20. The van der Waals surface area contributed by atoms with Gasteiger partial charge in [0.2, 0.25) is 18.3 Å². The number of ether oxygens (including phenoxy) is 1. The van der Waals surface area contributed by atoms with Crippen molar-refractivity contribution in [1.29, 1.82) is 0 Å². The molecule has 0 radical (unpaired) electrons. The van der Waals surface area contributed by atoms with Gasteiger partial charge in [-0.3, -0.25) is 19.8 Å². The molecule has 1 saturated carbocycles. The van der Waals surface area contributed by atoms with Crippen molar-refractivity contribution in [1.82, 2.24) is 15.1 Å². The van der Waals surface area contributed by atoms with Crippen molar-refractivity contribution in [2.45, 2.75) is 26.3 Å².